The van der Waals surface area contributed by atoms with E-state index in [1.54, 1.807) is 6.08 Å². The van der Waals surface area contributed by atoms with E-state index in [-0.39, 0.29) is 12.5 Å². The minimum Gasteiger partial charge on any atom is -0.394 e. The molecule has 1 amide bonds. The molecule has 0 aliphatic heterocycles. The molecule has 0 aliphatic rings. The van der Waals surface area contributed by atoms with E-state index in [2.05, 4.69) is 104 Å². The zero-order valence-corrected chi connectivity index (χ0v) is 35.9. The maximum absolute atomic E-state index is 12.4. The van der Waals surface area contributed by atoms with Gasteiger partial charge in [0.15, 0.2) is 0 Å². The number of aliphatic hydroxyl groups excluding tert-OH is 2. The second-order valence-corrected chi connectivity index (χ2v) is 15.1. The van der Waals surface area contributed by atoms with Crippen molar-refractivity contribution in [1.82, 2.24) is 5.32 Å². The number of carbonyl (C=O) groups is 1. The van der Waals surface area contributed by atoms with Crippen LogP contribution in [0.1, 0.15) is 200 Å². The maximum Gasteiger partial charge on any atom is 0.220 e. The smallest absolute Gasteiger partial charge is 0.220 e. The molecular weight excluding hydrogens is 675 g/mol. The van der Waals surface area contributed by atoms with Gasteiger partial charge in [-0.3, -0.25) is 4.79 Å². The molecule has 55 heavy (non-hydrogen) atoms. The summed E-state index contributed by atoms with van der Waals surface area (Å²) in [5.74, 6) is -0.0935. The van der Waals surface area contributed by atoms with Gasteiger partial charge in [-0.2, -0.15) is 0 Å². The average molecular weight is 762 g/mol. The molecule has 314 valence electrons. The van der Waals surface area contributed by atoms with Crippen LogP contribution in [0.3, 0.4) is 0 Å². The van der Waals surface area contributed by atoms with Crippen molar-refractivity contribution in [3.05, 3.63) is 97.2 Å². The van der Waals surface area contributed by atoms with Crippen molar-refractivity contribution in [2.24, 2.45) is 0 Å². The Bertz CT molecular complexity index is 1050. The van der Waals surface area contributed by atoms with Crippen LogP contribution in [-0.2, 0) is 4.79 Å². The van der Waals surface area contributed by atoms with Gasteiger partial charge in [-0.25, -0.2) is 0 Å². The van der Waals surface area contributed by atoms with Crippen molar-refractivity contribution < 1.29 is 15.0 Å². The van der Waals surface area contributed by atoms with Gasteiger partial charge in [-0.15, -0.1) is 0 Å². The van der Waals surface area contributed by atoms with E-state index in [1.165, 1.54) is 96.3 Å². The van der Waals surface area contributed by atoms with Gasteiger partial charge in [-0.05, 0) is 89.9 Å². The van der Waals surface area contributed by atoms with Gasteiger partial charge < -0.3 is 15.5 Å². The molecule has 0 heterocycles. The van der Waals surface area contributed by atoms with Crippen molar-refractivity contribution in [3.63, 3.8) is 0 Å². The molecule has 0 aromatic carbocycles. The molecule has 3 N–H and O–H groups in total. The predicted molar refractivity (Wildman–Crippen MR) is 243 cm³/mol. The van der Waals surface area contributed by atoms with Crippen LogP contribution in [0.25, 0.3) is 0 Å². The molecule has 0 rings (SSSR count). The quantitative estimate of drug-likeness (QED) is 0.0430. The molecule has 4 heteroatoms. The third kappa shape index (κ3) is 42.3. The van der Waals surface area contributed by atoms with Crippen LogP contribution < -0.4 is 5.32 Å². The van der Waals surface area contributed by atoms with Crippen LogP contribution in [0.15, 0.2) is 97.2 Å². The lowest BCUT2D eigenvalue weighted by Crippen LogP contribution is -2.45. The van der Waals surface area contributed by atoms with Crippen LogP contribution in [0.5, 0.6) is 0 Å². The molecule has 2 atom stereocenters. The summed E-state index contributed by atoms with van der Waals surface area (Å²) in [5.41, 5.74) is 0. The molecule has 0 aliphatic carbocycles. The van der Waals surface area contributed by atoms with E-state index in [0.717, 1.165) is 83.5 Å². The fourth-order valence-corrected chi connectivity index (χ4v) is 6.29. The molecule has 0 fully saturated rings. The van der Waals surface area contributed by atoms with Crippen molar-refractivity contribution in [2.75, 3.05) is 6.61 Å². The second-order valence-electron chi connectivity index (χ2n) is 15.1. The third-order valence-corrected chi connectivity index (χ3v) is 9.78. The molecule has 0 radical (unpaired) electrons. The minimum absolute atomic E-state index is 0.0935. The Morgan fingerprint density at radius 3 is 1.27 bits per heavy atom. The van der Waals surface area contributed by atoms with Crippen molar-refractivity contribution in [2.45, 2.75) is 212 Å². The molecule has 0 bridgehead atoms. The molecule has 0 aromatic heterocycles. The number of rotatable bonds is 40. The minimum atomic E-state index is -0.881. The van der Waals surface area contributed by atoms with Gasteiger partial charge in [0, 0.05) is 6.42 Å². The van der Waals surface area contributed by atoms with Gasteiger partial charge >= 0.3 is 0 Å². The Morgan fingerprint density at radius 2 is 0.818 bits per heavy atom. The zero-order chi connectivity index (χ0) is 40.0. The second kappa shape index (κ2) is 45.7. The summed E-state index contributed by atoms with van der Waals surface area (Å²) in [4.78, 5) is 12.4. The Morgan fingerprint density at radius 1 is 0.455 bits per heavy atom. The first-order valence-corrected chi connectivity index (χ1v) is 23.0. The summed E-state index contributed by atoms with van der Waals surface area (Å²) in [6, 6.07) is -0.658. The number of carbonyl (C=O) groups excluding carboxylic acids is 1. The van der Waals surface area contributed by atoms with E-state index in [1.807, 2.05) is 6.08 Å². The first kappa shape index (κ1) is 52.3. The highest BCUT2D eigenvalue weighted by molar-refractivity contribution is 5.76. The highest BCUT2D eigenvalue weighted by atomic mass is 16.3. The van der Waals surface area contributed by atoms with Crippen LogP contribution in [0.4, 0.5) is 0 Å². The summed E-state index contributed by atoms with van der Waals surface area (Å²) in [7, 11) is 0. The maximum atomic E-state index is 12.4. The molecule has 0 aromatic rings. The lowest BCUT2D eigenvalue weighted by atomic mass is 10.1. The fraction of sp³-hybridized carbons (Fsp3) is 0.667. The Kier molecular flexibility index (Phi) is 43.5. The number of allylic oxidation sites excluding steroid dienone is 15. The van der Waals surface area contributed by atoms with E-state index in [0.29, 0.717) is 6.42 Å². The zero-order valence-electron chi connectivity index (χ0n) is 35.9. The van der Waals surface area contributed by atoms with Gasteiger partial charge in [0.2, 0.25) is 5.91 Å². The van der Waals surface area contributed by atoms with Gasteiger partial charge in [0.1, 0.15) is 0 Å². The van der Waals surface area contributed by atoms with Crippen LogP contribution in [0, 0.1) is 0 Å². The van der Waals surface area contributed by atoms with E-state index >= 15 is 0 Å². The van der Waals surface area contributed by atoms with Gasteiger partial charge in [0.25, 0.3) is 0 Å². The number of hydrogen-bond acceptors (Lipinski definition) is 3. The molecule has 2 unspecified atom stereocenters. The third-order valence-electron chi connectivity index (χ3n) is 9.78. The lowest BCUT2D eigenvalue weighted by Gasteiger charge is -2.19. The molecule has 4 nitrogen and oxygen atoms in total. The average Bonchev–Trinajstić information content (AvgIpc) is 3.19. The first-order chi connectivity index (χ1) is 27.2. The SMILES string of the molecule is CC/C=C\C/C=C\C/C=C\C/C=C\C/C=C\CCCCCCCCCC(=O)NC(CO)C(O)/C=C/CC/C=C/CC/C=C/CCCCCCCCCCCC. The van der Waals surface area contributed by atoms with Gasteiger partial charge in [0.05, 0.1) is 18.8 Å². The summed E-state index contributed by atoms with van der Waals surface area (Å²) in [5, 5.41) is 23.0. The number of aliphatic hydroxyl groups is 2. The molecular formula is C51H87NO3. The van der Waals surface area contributed by atoms with E-state index < -0.39 is 12.1 Å². The standard InChI is InChI=1S/C51H87NO3/c1-3-5-7-9-11-13-15-17-19-21-23-25-26-27-29-31-33-35-37-39-41-43-45-47-51(55)52-49(48-53)50(54)46-44-42-40-38-36-34-32-30-28-24-22-20-18-16-14-12-10-8-6-4-2/h5,7,11,13,17,19,23,25,27-30,36,38,44,46,49-50,53-54H,3-4,6,8-10,12,14-16,18,20-22,24,26,31-35,37,39-43,45,47-48H2,1-2H3,(H,52,55)/b7-5-,13-11-,19-17-,25-23-,29-27-,30-28+,38-36+,46-44+. The number of nitrogens with one attached hydrogen (secondary N) is 1. The molecule has 0 saturated heterocycles. The van der Waals surface area contributed by atoms with Crippen molar-refractivity contribution in [3.8, 4) is 0 Å². The van der Waals surface area contributed by atoms with E-state index in [4.69, 9.17) is 0 Å². The monoisotopic (exact) mass is 762 g/mol. The summed E-state index contributed by atoms with van der Waals surface area (Å²) >= 11 is 0. The normalized spacial score (nSPS) is 13.9. The number of unbranched alkanes of at least 4 members (excludes halogenated alkanes) is 19. The lowest BCUT2D eigenvalue weighted by molar-refractivity contribution is -0.123. The summed E-state index contributed by atoms with van der Waals surface area (Å²) in [6.07, 6.45) is 68.0. The Hall–Kier alpha value is -2.69. The van der Waals surface area contributed by atoms with Crippen molar-refractivity contribution in [1.29, 1.82) is 0 Å². The number of amides is 1. The van der Waals surface area contributed by atoms with E-state index in [9.17, 15) is 15.0 Å². The largest absolute Gasteiger partial charge is 0.394 e. The summed E-state index contributed by atoms with van der Waals surface area (Å²) in [6.45, 7) is 4.17. The van der Waals surface area contributed by atoms with Crippen LogP contribution in [0.2, 0.25) is 0 Å². The Labute approximate surface area is 341 Å². The highest BCUT2D eigenvalue weighted by Crippen LogP contribution is 2.13. The van der Waals surface area contributed by atoms with Crippen LogP contribution in [-0.4, -0.2) is 34.9 Å². The first-order valence-electron chi connectivity index (χ1n) is 23.0. The highest BCUT2D eigenvalue weighted by Gasteiger charge is 2.17. The molecule has 0 spiro atoms. The van der Waals surface area contributed by atoms with Crippen LogP contribution >= 0.6 is 0 Å². The molecule has 0 saturated carbocycles. The van der Waals surface area contributed by atoms with Crippen molar-refractivity contribution >= 4 is 5.91 Å². The topological polar surface area (TPSA) is 69.6 Å². The number of hydrogen-bond donors (Lipinski definition) is 3. The van der Waals surface area contributed by atoms with Gasteiger partial charge in [-0.1, -0.05) is 201 Å². The predicted octanol–water partition coefficient (Wildman–Crippen LogP) is 14.6. The summed E-state index contributed by atoms with van der Waals surface area (Å²) < 4.78 is 0. The Balaban J connectivity index is 3.70. The fourth-order valence-electron chi connectivity index (χ4n) is 6.29.